The Labute approximate surface area is 94.9 Å². The van der Waals surface area contributed by atoms with Crippen molar-refractivity contribution in [2.75, 3.05) is 13.6 Å². The first kappa shape index (κ1) is 13.1. The third kappa shape index (κ3) is 3.27. The average molecular weight is 227 g/mol. The topological polar surface area (TPSA) is 52.5 Å². The summed E-state index contributed by atoms with van der Waals surface area (Å²) in [5, 5.41) is 22.3. The molecule has 2 atom stereocenters. The summed E-state index contributed by atoms with van der Waals surface area (Å²) in [5.41, 5.74) is 0.937. The first-order chi connectivity index (χ1) is 7.56. The van der Waals surface area contributed by atoms with E-state index in [-0.39, 0.29) is 5.56 Å². The summed E-state index contributed by atoms with van der Waals surface area (Å²) in [6.45, 7) is 2.35. The van der Waals surface area contributed by atoms with E-state index in [1.165, 1.54) is 12.1 Å². The highest BCUT2D eigenvalue weighted by molar-refractivity contribution is 5.25. The molecular formula is C12H18FNO2. The molecule has 0 aromatic heterocycles. The third-order valence-corrected chi connectivity index (χ3v) is 2.53. The van der Waals surface area contributed by atoms with Crippen molar-refractivity contribution >= 4 is 0 Å². The molecule has 2 unspecified atom stereocenters. The molecule has 1 rings (SSSR count). The second-order valence-electron chi connectivity index (χ2n) is 3.93. The standard InChI is InChI=1S/C12H18FNO2/c1-8-3-4-9(10(13)7-8)12(16)11(15)5-6-14-2/h3-4,7,11-12,14-16H,5-6H2,1-2H3. The molecule has 0 heterocycles. The second kappa shape index (κ2) is 5.94. The number of aryl methyl sites for hydroxylation is 1. The highest BCUT2D eigenvalue weighted by Gasteiger charge is 2.20. The van der Waals surface area contributed by atoms with Gasteiger partial charge in [-0.05, 0) is 38.6 Å². The molecule has 0 saturated heterocycles. The van der Waals surface area contributed by atoms with Crippen molar-refractivity contribution < 1.29 is 14.6 Å². The quantitative estimate of drug-likeness (QED) is 0.707. The minimum atomic E-state index is -1.17. The maximum atomic E-state index is 13.5. The van der Waals surface area contributed by atoms with Gasteiger partial charge in [0.15, 0.2) is 0 Å². The summed E-state index contributed by atoms with van der Waals surface area (Å²) >= 11 is 0. The first-order valence-electron chi connectivity index (χ1n) is 5.33. The monoisotopic (exact) mass is 227 g/mol. The molecule has 0 saturated carbocycles. The summed E-state index contributed by atoms with van der Waals surface area (Å²) in [7, 11) is 1.76. The molecule has 3 nitrogen and oxygen atoms in total. The van der Waals surface area contributed by atoms with Crippen molar-refractivity contribution in [3.05, 3.63) is 35.1 Å². The number of benzene rings is 1. The van der Waals surface area contributed by atoms with Crippen LogP contribution in [0, 0.1) is 12.7 Å². The normalized spacial score (nSPS) is 14.8. The van der Waals surface area contributed by atoms with Crippen molar-refractivity contribution in [1.29, 1.82) is 0 Å². The molecule has 0 spiro atoms. The summed E-state index contributed by atoms with van der Waals surface area (Å²) in [5.74, 6) is -0.476. The fraction of sp³-hybridized carbons (Fsp3) is 0.500. The second-order valence-corrected chi connectivity index (χ2v) is 3.93. The van der Waals surface area contributed by atoms with Crippen LogP contribution in [-0.4, -0.2) is 29.9 Å². The van der Waals surface area contributed by atoms with Gasteiger partial charge in [0, 0.05) is 5.56 Å². The molecule has 0 aliphatic carbocycles. The highest BCUT2D eigenvalue weighted by Crippen LogP contribution is 2.22. The molecule has 4 heteroatoms. The maximum Gasteiger partial charge on any atom is 0.129 e. The van der Waals surface area contributed by atoms with Gasteiger partial charge < -0.3 is 15.5 Å². The minimum absolute atomic E-state index is 0.147. The SMILES string of the molecule is CNCCC(O)C(O)c1ccc(C)cc1F. The summed E-state index contributed by atoms with van der Waals surface area (Å²) in [4.78, 5) is 0. The molecule has 1 aromatic carbocycles. The van der Waals surface area contributed by atoms with Crippen LogP contribution in [0.1, 0.15) is 23.7 Å². The van der Waals surface area contributed by atoms with Crippen LogP contribution in [0.25, 0.3) is 0 Å². The lowest BCUT2D eigenvalue weighted by atomic mass is 10.0. The molecule has 0 aliphatic rings. The van der Waals surface area contributed by atoms with E-state index in [0.717, 1.165) is 5.56 Å². The zero-order valence-electron chi connectivity index (χ0n) is 9.57. The van der Waals surface area contributed by atoms with E-state index in [1.807, 2.05) is 0 Å². The van der Waals surface area contributed by atoms with Gasteiger partial charge in [0.2, 0.25) is 0 Å². The molecular weight excluding hydrogens is 209 g/mol. The van der Waals surface area contributed by atoms with E-state index in [1.54, 1.807) is 20.0 Å². The Morgan fingerprint density at radius 2 is 2.06 bits per heavy atom. The van der Waals surface area contributed by atoms with Crippen LogP contribution in [0.15, 0.2) is 18.2 Å². The van der Waals surface area contributed by atoms with Gasteiger partial charge in [0.1, 0.15) is 11.9 Å². The number of aliphatic hydroxyl groups is 2. The highest BCUT2D eigenvalue weighted by atomic mass is 19.1. The first-order valence-corrected chi connectivity index (χ1v) is 5.33. The van der Waals surface area contributed by atoms with Gasteiger partial charge in [-0.1, -0.05) is 12.1 Å². The van der Waals surface area contributed by atoms with Crippen LogP contribution < -0.4 is 5.32 Å². The molecule has 90 valence electrons. The molecule has 1 aromatic rings. The number of hydrogen-bond acceptors (Lipinski definition) is 3. The molecule has 0 aliphatic heterocycles. The summed E-state index contributed by atoms with van der Waals surface area (Å²) < 4.78 is 13.5. The number of rotatable bonds is 5. The van der Waals surface area contributed by atoms with E-state index >= 15 is 0 Å². The lowest BCUT2D eigenvalue weighted by molar-refractivity contribution is 0.0120. The molecule has 0 radical (unpaired) electrons. The zero-order chi connectivity index (χ0) is 12.1. The summed E-state index contributed by atoms with van der Waals surface area (Å²) in [6.07, 6.45) is -1.75. The van der Waals surface area contributed by atoms with E-state index in [4.69, 9.17) is 0 Å². The lowest BCUT2D eigenvalue weighted by Crippen LogP contribution is -2.24. The molecule has 0 fully saturated rings. The van der Waals surface area contributed by atoms with Gasteiger partial charge in [-0.2, -0.15) is 0 Å². The van der Waals surface area contributed by atoms with Crippen LogP contribution in [0.2, 0.25) is 0 Å². The van der Waals surface area contributed by atoms with Gasteiger partial charge >= 0.3 is 0 Å². The predicted molar refractivity (Wildman–Crippen MR) is 60.6 cm³/mol. The maximum absolute atomic E-state index is 13.5. The zero-order valence-corrected chi connectivity index (χ0v) is 9.57. The number of aliphatic hydroxyl groups excluding tert-OH is 2. The van der Waals surface area contributed by atoms with Gasteiger partial charge in [0.05, 0.1) is 6.10 Å². The third-order valence-electron chi connectivity index (χ3n) is 2.53. The lowest BCUT2D eigenvalue weighted by Gasteiger charge is -2.18. The smallest absolute Gasteiger partial charge is 0.129 e. The van der Waals surface area contributed by atoms with Crippen molar-refractivity contribution in [1.82, 2.24) is 5.32 Å². The van der Waals surface area contributed by atoms with Gasteiger partial charge in [-0.15, -0.1) is 0 Å². The van der Waals surface area contributed by atoms with Gasteiger partial charge in [0.25, 0.3) is 0 Å². The molecule has 0 amide bonds. The largest absolute Gasteiger partial charge is 0.390 e. The Kier molecular flexibility index (Phi) is 4.86. The van der Waals surface area contributed by atoms with Crippen LogP contribution in [0.4, 0.5) is 4.39 Å². The number of halogens is 1. The van der Waals surface area contributed by atoms with E-state index in [2.05, 4.69) is 5.32 Å². The fourth-order valence-electron chi connectivity index (χ4n) is 1.53. The number of hydrogen-bond donors (Lipinski definition) is 3. The Hall–Kier alpha value is -0.970. The minimum Gasteiger partial charge on any atom is -0.390 e. The molecule has 3 N–H and O–H groups in total. The van der Waals surface area contributed by atoms with Crippen LogP contribution in [0.5, 0.6) is 0 Å². The van der Waals surface area contributed by atoms with Crippen LogP contribution in [0.3, 0.4) is 0 Å². The van der Waals surface area contributed by atoms with Gasteiger partial charge in [-0.3, -0.25) is 0 Å². The predicted octanol–water partition coefficient (Wildman–Crippen LogP) is 1.14. The Morgan fingerprint density at radius 1 is 1.38 bits per heavy atom. The van der Waals surface area contributed by atoms with Crippen molar-refractivity contribution in [2.24, 2.45) is 0 Å². The van der Waals surface area contributed by atoms with Crippen molar-refractivity contribution in [3.8, 4) is 0 Å². The Balaban J connectivity index is 2.75. The van der Waals surface area contributed by atoms with Crippen molar-refractivity contribution in [3.63, 3.8) is 0 Å². The van der Waals surface area contributed by atoms with Gasteiger partial charge in [-0.25, -0.2) is 4.39 Å². The van der Waals surface area contributed by atoms with E-state index in [0.29, 0.717) is 13.0 Å². The van der Waals surface area contributed by atoms with Crippen molar-refractivity contribution in [2.45, 2.75) is 25.6 Å². The Morgan fingerprint density at radius 3 is 2.62 bits per heavy atom. The Bertz CT molecular complexity index is 344. The average Bonchev–Trinajstić information content (AvgIpc) is 2.25. The van der Waals surface area contributed by atoms with Crippen LogP contribution >= 0.6 is 0 Å². The van der Waals surface area contributed by atoms with Crippen LogP contribution in [-0.2, 0) is 0 Å². The molecule has 16 heavy (non-hydrogen) atoms. The summed E-state index contributed by atoms with van der Waals surface area (Å²) in [6, 6.07) is 4.58. The number of nitrogens with one attached hydrogen (secondary N) is 1. The van der Waals surface area contributed by atoms with E-state index in [9.17, 15) is 14.6 Å². The fourth-order valence-corrected chi connectivity index (χ4v) is 1.53. The molecule has 0 bridgehead atoms. The van der Waals surface area contributed by atoms with E-state index < -0.39 is 18.0 Å².